The van der Waals surface area contributed by atoms with Crippen LogP contribution in [-0.4, -0.2) is 78.1 Å². The van der Waals surface area contributed by atoms with E-state index in [-0.39, 0.29) is 17.9 Å². The van der Waals surface area contributed by atoms with Gasteiger partial charge in [0.25, 0.3) is 11.8 Å². The fourth-order valence-corrected chi connectivity index (χ4v) is 4.19. The zero-order chi connectivity index (χ0) is 20.3. The third kappa shape index (κ3) is 4.29. The van der Waals surface area contributed by atoms with Gasteiger partial charge >= 0.3 is 12.0 Å². The maximum Gasteiger partial charge on any atom is 0.326 e. The normalized spacial score (nSPS) is 30.5. The molecule has 3 aliphatic rings. The van der Waals surface area contributed by atoms with Crippen molar-refractivity contribution < 1.29 is 28.7 Å². The first kappa shape index (κ1) is 20.6. The van der Waals surface area contributed by atoms with Crippen LogP contribution in [0.15, 0.2) is 0 Å². The maximum absolute atomic E-state index is 12.8. The summed E-state index contributed by atoms with van der Waals surface area (Å²) >= 11 is 0. The molecule has 28 heavy (non-hydrogen) atoms. The molecule has 1 saturated carbocycles. The average Bonchev–Trinajstić information content (AvgIpc) is 2.91. The van der Waals surface area contributed by atoms with Crippen molar-refractivity contribution in [2.24, 2.45) is 5.92 Å². The maximum atomic E-state index is 12.8. The van der Waals surface area contributed by atoms with Crippen molar-refractivity contribution in [3.05, 3.63) is 0 Å². The number of imide groups is 1. The van der Waals surface area contributed by atoms with E-state index in [1.54, 1.807) is 4.90 Å². The Morgan fingerprint density at radius 2 is 2.00 bits per heavy atom. The summed E-state index contributed by atoms with van der Waals surface area (Å²) in [7, 11) is 0. The molecule has 2 saturated heterocycles. The number of hydrogen-bond donors (Lipinski definition) is 1. The highest BCUT2D eigenvalue weighted by atomic mass is 16.5. The van der Waals surface area contributed by atoms with Gasteiger partial charge in [0, 0.05) is 13.1 Å². The van der Waals surface area contributed by atoms with E-state index >= 15 is 0 Å². The van der Waals surface area contributed by atoms with Gasteiger partial charge < -0.3 is 19.7 Å². The van der Waals surface area contributed by atoms with Gasteiger partial charge in [-0.3, -0.25) is 19.3 Å². The molecule has 0 aromatic rings. The highest BCUT2D eigenvalue weighted by Crippen LogP contribution is 2.37. The monoisotopic (exact) mass is 395 g/mol. The molecule has 2 heterocycles. The Bertz CT molecular complexity index is 644. The minimum absolute atomic E-state index is 0.0571. The van der Waals surface area contributed by atoms with Crippen molar-refractivity contribution in [1.29, 1.82) is 0 Å². The number of carbonyl (C=O) groups excluding carboxylic acids is 4. The molecule has 1 spiro atoms. The Kier molecular flexibility index (Phi) is 6.22. The number of nitrogens with one attached hydrogen (secondary N) is 1. The summed E-state index contributed by atoms with van der Waals surface area (Å²) in [5, 5.41) is 2.78. The highest BCUT2D eigenvalue weighted by molar-refractivity contribution is 6.08. The Balaban J connectivity index is 1.49. The van der Waals surface area contributed by atoms with Crippen molar-refractivity contribution in [3.8, 4) is 0 Å². The van der Waals surface area contributed by atoms with Crippen LogP contribution < -0.4 is 5.32 Å². The molecule has 2 aliphatic heterocycles. The quantitative estimate of drug-likeness (QED) is 0.542. The van der Waals surface area contributed by atoms with Crippen LogP contribution in [-0.2, 0) is 23.9 Å². The van der Waals surface area contributed by atoms with Gasteiger partial charge in [0.2, 0.25) is 0 Å². The number of esters is 1. The number of amides is 4. The first-order valence-corrected chi connectivity index (χ1v) is 10.0. The number of nitrogens with zero attached hydrogens (tertiary/aromatic N) is 2. The van der Waals surface area contributed by atoms with Crippen LogP contribution in [0.3, 0.4) is 0 Å². The molecule has 1 aliphatic carbocycles. The van der Waals surface area contributed by atoms with Crippen LogP contribution in [0.1, 0.15) is 46.0 Å². The van der Waals surface area contributed by atoms with Gasteiger partial charge in [0.15, 0.2) is 6.61 Å². The number of carbonyl (C=O) groups is 4. The van der Waals surface area contributed by atoms with Crippen LogP contribution in [0.4, 0.5) is 4.79 Å². The lowest BCUT2D eigenvalue weighted by atomic mass is 9.75. The lowest BCUT2D eigenvalue weighted by molar-refractivity contribution is -0.156. The van der Waals surface area contributed by atoms with Gasteiger partial charge in [-0.15, -0.1) is 0 Å². The molecular weight excluding hydrogens is 366 g/mol. The lowest BCUT2D eigenvalue weighted by Gasteiger charge is -2.34. The van der Waals surface area contributed by atoms with Gasteiger partial charge in [-0.1, -0.05) is 13.3 Å². The zero-order valence-electron chi connectivity index (χ0n) is 16.6. The van der Waals surface area contributed by atoms with Gasteiger partial charge in [0.1, 0.15) is 12.1 Å². The summed E-state index contributed by atoms with van der Waals surface area (Å²) in [4.78, 5) is 51.8. The largest absolute Gasteiger partial charge is 0.454 e. The molecule has 4 amide bonds. The van der Waals surface area contributed by atoms with Crippen molar-refractivity contribution in [2.45, 2.75) is 57.6 Å². The second-order valence-electron chi connectivity index (χ2n) is 7.94. The van der Waals surface area contributed by atoms with Crippen LogP contribution in [0.2, 0.25) is 0 Å². The summed E-state index contributed by atoms with van der Waals surface area (Å²) in [6.07, 6.45) is 3.95. The van der Waals surface area contributed by atoms with Crippen molar-refractivity contribution in [3.63, 3.8) is 0 Å². The minimum atomic E-state index is -0.886. The van der Waals surface area contributed by atoms with Gasteiger partial charge in [-0.05, 0) is 38.5 Å². The highest BCUT2D eigenvalue weighted by Gasteiger charge is 2.52. The van der Waals surface area contributed by atoms with Gasteiger partial charge in [-0.2, -0.15) is 0 Å². The SMILES string of the molecule is CCC1CCC2(CC1)NC(=O)N(CC(=O)OCC(=O)N1CCOC(C)C1)C2=O. The smallest absolute Gasteiger partial charge is 0.326 e. The molecule has 0 aromatic carbocycles. The van der Waals surface area contributed by atoms with E-state index in [9.17, 15) is 19.2 Å². The van der Waals surface area contributed by atoms with E-state index in [4.69, 9.17) is 9.47 Å². The molecular formula is C19H29N3O6. The predicted octanol–water partition coefficient (Wildman–Crippen LogP) is 0.668. The standard InChI is InChI=1S/C19H29N3O6/c1-3-14-4-6-19(7-5-14)17(25)22(18(26)20-19)11-16(24)28-12-15(23)21-8-9-27-13(2)10-21/h13-14H,3-12H2,1-2H3,(H,20,26). The molecule has 9 heteroatoms. The Labute approximate surface area is 164 Å². The summed E-state index contributed by atoms with van der Waals surface area (Å²) in [6, 6.07) is -0.565. The molecule has 0 aromatic heterocycles. The van der Waals surface area contributed by atoms with E-state index in [0.29, 0.717) is 38.5 Å². The summed E-state index contributed by atoms with van der Waals surface area (Å²) in [6.45, 7) is 4.46. The van der Waals surface area contributed by atoms with E-state index in [2.05, 4.69) is 12.2 Å². The van der Waals surface area contributed by atoms with Crippen molar-refractivity contribution in [1.82, 2.24) is 15.1 Å². The second kappa shape index (κ2) is 8.46. The Morgan fingerprint density at radius 1 is 1.29 bits per heavy atom. The topological polar surface area (TPSA) is 105 Å². The van der Waals surface area contributed by atoms with Crippen molar-refractivity contribution >= 4 is 23.8 Å². The molecule has 0 bridgehead atoms. The van der Waals surface area contributed by atoms with Crippen LogP contribution >= 0.6 is 0 Å². The van der Waals surface area contributed by atoms with E-state index in [1.807, 2.05) is 6.92 Å². The first-order valence-electron chi connectivity index (χ1n) is 10.0. The molecule has 156 valence electrons. The lowest BCUT2D eigenvalue weighted by Crippen LogP contribution is -2.49. The van der Waals surface area contributed by atoms with Crippen LogP contribution in [0.25, 0.3) is 0 Å². The molecule has 3 fully saturated rings. The third-order valence-corrected chi connectivity index (χ3v) is 6.02. The Hall–Kier alpha value is -2.16. The summed E-state index contributed by atoms with van der Waals surface area (Å²) < 4.78 is 10.4. The van der Waals surface area contributed by atoms with Gasteiger partial charge in [-0.25, -0.2) is 4.79 Å². The first-order chi connectivity index (χ1) is 13.3. The summed E-state index contributed by atoms with van der Waals surface area (Å²) in [5.74, 6) is -0.867. The van der Waals surface area contributed by atoms with E-state index < -0.39 is 30.7 Å². The van der Waals surface area contributed by atoms with Crippen LogP contribution in [0, 0.1) is 5.92 Å². The third-order valence-electron chi connectivity index (χ3n) is 6.02. The van der Waals surface area contributed by atoms with Gasteiger partial charge in [0.05, 0.1) is 12.7 Å². The zero-order valence-corrected chi connectivity index (χ0v) is 16.6. The minimum Gasteiger partial charge on any atom is -0.454 e. The number of rotatable bonds is 5. The molecule has 3 rings (SSSR count). The van der Waals surface area contributed by atoms with Crippen LogP contribution in [0.5, 0.6) is 0 Å². The second-order valence-corrected chi connectivity index (χ2v) is 7.94. The fraction of sp³-hybridized carbons (Fsp3) is 0.789. The van der Waals surface area contributed by atoms with E-state index in [1.165, 1.54) is 0 Å². The number of hydrogen-bond acceptors (Lipinski definition) is 6. The van der Waals surface area contributed by atoms with E-state index in [0.717, 1.165) is 24.2 Å². The summed E-state index contributed by atoms with van der Waals surface area (Å²) in [5.41, 5.74) is -0.886. The number of urea groups is 1. The number of ether oxygens (including phenoxy) is 2. The molecule has 9 nitrogen and oxygen atoms in total. The average molecular weight is 395 g/mol. The van der Waals surface area contributed by atoms with Crippen molar-refractivity contribution in [2.75, 3.05) is 32.8 Å². The Morgan fingerprint density at radius 3 is 2.64 bits per heavy atom. The number of morpholine rings is 1. The molecule has 0 radical (unpaired) electrons. The molecule has 1 N–H and O–H groups in total. The fourth-order valence-electron chi connectivity index (χ4n) is 4.19. The molecule has 1 unspecified atom stereocenters. The molecule has 1 atom stereocenters. The predicted molar refractivity (Wildman–Crippen MR) is 98.2 cm³/mol.